The van der Waals surface area contributed by atoms with Crippen molar-refractivity contribution >= 4 is 17.9 Å². The lowest BCUT2D eigenvalue weighted by Crippen LogP contribution is -2.26. The first-order chi connectivity index (χ1) is 13.9. The molecule has 1 unspecified atom stereocenters. The minimum absolute atomic E-state index is 0.0721. The molecule has 5 nitrogen and oxygen atoms in total. The molecule has 0 bridgehead atoms. The standard InChI is InChI=1S/C22H27ClFNO4/c1-14(2)18(12-29-13-27-3)17(11-26)20-9-21(28-4)16(10-25-20)8-15-6-5-7-19(23)22(15)24/h5-7,9-11,14,17-18H,8,12-13H2,1-4H3/t17?,18-/m1/s1. The van der Waals surface area contributed by atoms with Crippen LogP contribution in [0, 0.1) is 17.7 Å². The Kier molecular flexibility index (Phi) is 9.01. The molecule has 0 fully saturated rings. The van der Waals surface area contributed by atoms with Gasteiger partial charge in [-0.3, -0.25) is 4.98 Å². The van der Waals surface area contributed by atoms with Gasteiger partial charge in [-0.1, -0.05) is 37.6 Å². The monoisotopic (exact) mass is 423 g/mol. The van der Waals surface area contributed by atoms with E-state index in [1.807, 2.05) is 13.8 Å². The van der Waals surface area contributed by atoms with E-state index in [1.165, 1.54) is 13.2 Å². The second-order valence-corrected chi connectivity index (χ2v) is 7.56. The van der Waals surface area contributed by atoms with Crippen molar-refractivity contribution in [3.63, 3.8) is 0 Å². The minimum atomic E-state index is -0.460. The third-order valence-electron chi connectivity index (χ3n) is 4.91. The Morgan fingerprint density at radius 3 is 2.62 bits per heavy atom. The van der Waals surface area contributed by atoms with Crippen LogP contribution in [0.2, 0.25) is 5.02 Å². The van der Waals surface area contributed by atoms with Crippen molar-refractivity contribution < 1.29 is 23.4 Å². The summed E-state index contributed by atoms with van der Waals surface area (Å²) in [6.07, 6.45) is 2.79. The number of nitrogens with zero attached hydrogens (tertiary/aromatic N) is 1. The molecule has 0 radical (unpaired) electrons. The van der Waals surface area contributed by atoms with Gasteiger partial charge in [0.05, 0.1) is 30.4 Å². The van der Waals surface area contributed by atoms with E-state index in [-0.39, 0.29) is 30.1 Å². The summed E-state index contributed by atoms with van der Waals surface area (Å²) in [5.41, 5.74) is 1.75. The molecule has 0 spiro atoms. The lowest BCUT2D eigenvalue weighted by molar-refractivity contribution is -0.112. The first-order valence-electron chi connectivity index (χ1n) is 9.40. The van der Waals surface area contributed by atoms with Crippen LogP contribution < -0.4 is 4.74 Å². The number of halogens is 2. The topological polar surface area (TPSA) is 57.7 Å². The molecule has 29 heavy (non-hydrogen) atoms. The molecule has 7 heteroatoms. The van der Waals surface area contributed by atoms with Crippen LogP contribution in [0.1, 0.15) is 36.6 Å². The van der Waals surface area contributed by atoms with Crippen molar-refractivity contribution in [1.29, 1.82) is 0 Å². The number of ether oxygens (including phenoxy) is 3. The van der Waals surface area contributed by atoms with Gasteiger partial charge in [0.1, 0.15) is 24.6 Å². The second kappa shape index (κ2) is 11.2. The van der Waals surface area contributed by atoms with Gasteiger partial charge in [0.25, 0.3) is 0 Å². The van der Waals surface area contributed by atoms with Crippen molar-refractivity contribution in [3.05, 3.63) is 58.1 Å². The summed E-state index contributed by atoms with van der Waals surface area (Å²) in [5.74, 6) is -0.258. The first-order valence-corrected chi connectivity index (χ1v) is 9.78. The van der Waals surface area contributed by atoms with Gasteiger partial charge in [0, 0.05) is 31.4 Å². The van der Waals surface area contributed by atoms with Crippen molar-refractivity contribution in [2.75, 3.05) is 27.6 Å². The van der Waals surface area contributed by atoms with E-state index in [0.29, 0.717) is 29.2 Å². The van der Waals surface area contributed by atoms with Gasteiger partial charge in [-0.05, 0) is 23.5 Å². The number of pyridine rings is 1. The van der Waals surface area contributed by atoms with E-state index in [1.54, 1.807) is 31.5 Å². The fraction of sp³-hybridized carbons (Fsp3) is 0.455. The molecule has 0 amide bonds. The molecule has 1 aromatic heterocycles. The van der Waals surface area contributed by atoms with Crippen molar-refractivity contribution in [2.24, 2.45) is 11.8 Å². The van der Waals surface area contributed by atoms with E-state index in [4.69, 9.17) is 25.8 Å². The summed E-state index contributed by atoms with van der Waals surface area (Å²) >= 11 is 5.87. The van der Waals surface area contributed by atoms with E-state index >= 15 is 0 Å². The number of aromatic nitrogens is 1. The fourth-order valence-electron chi connectivity index (χ4n) is 3.24. The Morgan fingerprint density at radius 1 is 1.24 bits per heavy atom. The zero-order valence-corrected chi connectivity index (χ0v) is 17.9. The molecule has 2 aromatic rings. The van der Waals surface area contributed by atoms with Crippen LogP contribution in [0.3, 0.4) is 0 Å². The van der Waals surface area contributed by atoms with Crippen LogP contribution in [-0.2, 0) is 20.7 Å². The molecule has 1 aromatic carbocycles. The lowest BCUT2D eigenvalue weighted by Gasteiger charge is -2.26. The third kappa shape index (κ3) is 5.98. The summed E-state index contributed by atoms with van der Waals surface area (Å²) in [6, 6.07) is 6.61. The first kappa shape index (κ1) is 23.3. The largest absolute Gasteiger partial charge is 0.496 e. The van der Waals surface area contributed by atoms with Gasteiger partial charge in [-0.2, -0.15) is 0 Å². The van der Waals surface area contributed by atoms with Gasteiger partial charge in [0.2, 0.25) is 0 Å². The molecule has 0 aliphatic rings. The number of hydrogen-bond donors (Lipinski definition) is 0. The lowest BCUT2D eigenvalue weighted by atomic mass is 9.82. The maximum atomic E-state index is 14.3. The summed E-state index contributed by atoms with van der Waals surface area (Å²) in [5, 5.41) is 0.0721. The van der Waals surface area contributed by atoms with Crippen LogP contribution in [0.15, 0.2) is 30.5 Å². The summed E-state index contributed by atoms with van der Waals surface area (Å²) < 4.78 is 30.2. The molecule has 158 valence electrons. The van der Waals surface area contributed by atoms with E-state index in [9.17, 15) is 9.18 Å². The van der Waals surface area contributed by atoms with Gasteiger partial charge < -0.3 is 19.0 Å². The highest BCUT2D eigenvalue weighted by molar-refractivity contribution is 6.30. The maximum absolute atomic E-state index is 14.3. The molecule has 2 atom stereocenters. The molecule has 0 N–H and O–H groups in total. The number of carbonyl (C=O) groups is 1. The number of methoxy groups -OCH3 is 2. The predicted molar refractivity (Wildman–Crippen MR) is 110 cm³/mol. The van der Waals surface area contributed by atoms with Crippen LogP contribution in [0.4, 0.5) is 4.39 Å². The molecule has 0 saturated carbocycles. The van der Waals surface area contributed by atoms with Gasteiger partial charge >= 0.3 is 0 Å². The Morgan fingerprint density at radius 2 is 2.00 bits per heavy atom. The summed E-state index contributed by atoms with van der Waals surface area (Å²) in [6.45, 7) is 4.60. The minimum Gasteiger partial charge on any atom is -0.496 e. The Bertz CT molecular complexity index is 815. The fourth-order valence-corrected chi connectivity index (χ4v) is 3.44. The van der Waals surface area contributed by atoms with Gasteiger partial charge in [-0.25, -0.2) is 4.39 Å². The van der Waals surface area contributed by atoms with E-state index in [2.05, 4.69) is 4.98 Å². The van der Waals surface area contributed by atoms with Gasteiger partial charge in [-0.15, -0.1) is 0 Å². The van der Waals surface area contributed by atoms with Crippen LogP contribution in [0.5, 0.6) is 5.75 Å². The second-order valence-electron chi connectivity index (χ2n) is 7.16. The normalized spacial score (nSPS) is 13.3. The average molecular weight is 424 g/mol. The predicted octanol–water partition coefficient (Wildman–Crippen LogP) is 4.65. The van der Waals surface area contributed by atoms with Crippen molar-refractivity contribution in [1.82, 2.24) is 4.98 Å². The molecule has 0 aliphatic carbocycles. The Labute approximate surface area is 176 Å². The molecule has 1 heterocycles. The number of rotatable bonds is 11. The van der Waals surface area contributed by atoms with Crippen molar-refractivity contribution in [2.45, 2.75) is 26.2 Å². The smallest absolute Gasteiger partial charge is 0.146 e. The molecule has 2 rings (SSSR count). The van der Waals surface area contributed by atoms with Crippen LogP contribution >= 0.6 is 11.6 Å². The zero-order chi connectivity index (χ0) is 21.4. The summed E-state index contributed by atoms with van der Waals surface area (Å²) in [7, 11) is 3.09. The highest BCUT2D eigenvalue weighted by Gasteiger charge is 2.28. The highest BCUT2D eigenvalue weighted by Crippen LogP contribution is 2.32. The molecule has 0 saturated heterocycles. The third-order valence-corrected chi connectivity index (χ3v) is 5.21. The van der Waals surface area contributed by atoms with E-state index < -0.39 is 11.7 Å². The number of carbonyl (C=O) groups excluding carboxylic acids is 1. The van der Waals surface area contributed by atoms with Crippen LogP contribution in [0.25, 0.3) is 0 Å². The highest BCUT2D eigenvalue weighted by atomic mass is 35.5. The average Bonchev–Trinajstić information content (AvgIpc) is 2.71. The van der Waals surface area contributed by atoms with Crippen molar-refractivity contribution in [3.8, 4) is 5.75 Å². The van der Waals surface area contributed by atoms with Crippen LogP contribution in [-0.4, -0.2) is 38.9 Å². The van der Waals surface area contributed by atoms with Gasteiger partial charge in [0.15, 0.2) is 0 Å². The summed E-state index contributed by atoms with van der Waals surface area (Å²) in [4.78, 5) is 16.4. The van der Waals surface area contributed by atoms with E-state index in [0.717, 1.165) is 6.29 Å². The Hall–Kier alpha value is -2.02. The Balaban J connectivity index is 2.31. The molecule has 0 aliphatic heterocycles. The SMILES string of the molecule is COCOC[C@H](C(C)C)C(C=O)c1cc(OC)c(Cc2cccc(Cl)c2F)cn1. The number of aldehydes is 1. The number of benzene rings is 1. The molecular weight excluding hydrogens is 397 g/mol. The number of hydrogen-bond acceptors (Lipinski definition) is 5. The molecular formula is C22H27ClFNO4. The maximum Gasteiger partial charge on any atom is 0.146 e. The zero-order valence-electron chi connectivity index (χ0n) is 17.2. The quantitative estimate of drug-likeness (QED) is 0.299.